The molecule has 1 amide bonds. The molecule has 1 aromatic rings. The van der Waals surface area contributed by atoms with Crippen molar-refractivity contribution in [1.29, 1.82) is 0 Å². The van der Waals surface area contributed by atoms with Gasteiger partial charge in [-0.15, -0.1) is 12.4 Å². The van der Waals surface area contributed by atoms with Crippen molar-refractivity contribution in [3.05, 3.63) is 24.3 Å². The van der Waals surface area contributed by atoms with Crippen molar-refractivity contribution >= 4 is 39.7 Å². The number of nitrogens with one attached hydrogen (secondary N) is 1. The Morgan fingerprint density at radius 1 is 1.24 bits per heavy atom. The van der Waals surface area contributed by atoms with E-state index in [2.05, 4.69) is 5.32 Å². The van der Waals surface area contributed by atoms with Crippen molar-refractivity contribution in [3.63, 3.8) is 0 Å². The summed E-state index contributed by atoms with van der Waals surface area (Å²) in [5, 5.41) is 2.95. The number of fused-ring (bicyclic) bond motifs is 2. The van der Waals surface area contributed by atoms with Gasteiger partial charge in [-0.25, -0.2) is 8.42 Å². The second-order valence-corrected chi connectivity index (χ2v) is 9.23. The highest BCUT2D eigenvalue weighted by molar-refractivity contribution is 7.93. The van der Waals surface area contributed by atoms with E-state index in [-0.39, 0.29) is 36.0 Å². The zero-order valence-electron chi connectivity index (χ0n) is 13.9. The van der Waals surface area contributed by atoms with Gasteiger partial charge in [-0.05, 0) is 55.7 Å². The van der Waals surface area contributed by atoms with Gasteiger partial charge in [0.15, 0.2) is 0 Å². The molecule has 3 aliphatic rings. The highest BCUT2D eigenvalue weighted by atomic mass is 35.5. The highest BCUT2D eigenvalue weighted by Gasteiger charge is 2.49. The van der Waals surface area contributed by atoms with E-state index < -0.39 is 10.0 Å². The fraction of sp³-hybridized carbons (Fsp3) is 0.588. The summed E-state index contributed by atoms with van der Waals surface area (Å²) in [5.41, 5.74) is 7.48. The maximum atomic E-state index is 12.7. The number of carbonyl (C=O) groups is 1. The SMILES string of the molecule is Cl.NC1C2CCC(C2)C1C(=O)Nc1cccc(N2CCCS2(=O)=O)c1. The van der Waals surface area contributed by atoms with Crippen LogP contribution in [0.1, 0.15) is 25.7 Å². The molecule has 1 saturated heterocycles. The zero-order chi connectivity index (χ0) is 16.9. The van der Waals surface area contributed by atoms with Gasteiger partial charge in [0.1, 0.15) is 0 Å². The first kappa shape index (κ1) is 18.5. The molecule has 4 unspecified atom stereocenters. The number of amides is 1. The molecule has 0 radical (unpaired) electrons. The topological polar surface area (TPSA) is 92.5 Å². The van der Waals surface area contributed by atoms with Crippen LogP contribution < -0.4 is 15.4 Å². The van der Waals surface area contributed by atoms with E-state index in [0.717, 1.165) is 19.3 Å². The number of nitrogens with zero attached hydrogens (tertiary/aromatic N) is 1. The Morgan fingerprint density at radius 3 is 2.64 bits per heavy atom. The smallest absolute Gasteiger partial charge is 0.235 e. The van der Waals surface area contributed by atoms with Crippen LogP contribution in [-0.2, 0) is 14.8 Å². The molecule has 1 aromatic carbocycles. The van der Waals surface area contributed by atoms with Gasteiger partial charge < -0.3 is 11.1 Å². The Labute approximate surface area is 154 Å². The number of rotatable bonds is 3. The van der Waals surface area contributed by atoms with Gasteiger partial charge in [0.2, 0.25) is 15.9 Å². The number of sulfonamides is 1. The first-order valence-electron chi connectivity index (χ1n) is 8.62. The standard InChI is InChI=1S/C17H23N3O3S.ClH/c18-16-12-6-5-11(9-12)15(16)17(21)19-13-3-1-4-14(10-13)20-7-2-8-24(20,22)23;/h1,3-4,10-12,15-16H,2,5-9,18H2,(H,19,21);1H. The van der Waals surface area contributed by atoms with E-state index >= 15 is 0 Å². The number of hydrogen-bond donors (Lipinski definition) is 2. The Bertz CT molecular complexity index is 768. The minimum atomic E-state index is -3.22. The predicted molar refractivity (Wildman–Crippen MR) is 100 cm³/mol. The van der Waals surface area contributed by atoms with Crippen molar-refractivity contribution in [3.8, 4) is 0 Å². The molecular weight excluding hydrogens is 362 g/mol. The summed E-state index contributed by atoms with van der Waals surface area (Å²) >= 11 is 0. The van der Waals surface area contributed by atoms with Gasteiger partial charge >= 0.3 is 0 Å². The Hall–Kier alpha value is -1.31. The monoisotopic (exact) mass is 385 g/mol. The maximum absolute atomic E-state index is 12.7. The van der Waals surface area contributed by atoms with Crippen molar-refractivity contribution < 1.29 is 13.2 Å². The Kier molecular flexibility index (Phi) is 5.01. The van der Waals surface area contributed by atoms with E-state index in [0.29, 0.717) is 36.2 Å². The van der Waals surface area contributed by atoms with Gasteiger partial charge in [-0.1, -0.05) is 6.07 Å². The fourth-order valence-corrected chi connectivity index (χ4v) is 6.18. The molecule has 1 aliphatic heterocycles. The molecule has 4 rings (SSSR count). The lowest BCUT2D eigenvalue weighted by molar-refractivity contribution is -0.121. The number of hydrogen-bond acceptors (Lipinski definition) is 4. The fourth-order valence-electron chi connectivity index (χ4n) is 4.62. The summed E-state index contributed by atoms with van der Waals surface area (Å²) < 4.78 is 25.5. The second-order valence-electron chi connectivity index (χ2n) is 7.22. The van der Waals surface area contributed by atoms with Crippen LogP contribution in [0.2, 0.25) is 0 Å². The number of benzene rings is 1. The summed E-state index contributed by atoms with van der Waals surface area (Å²) in [5.74, 6) is 0.905. The number of halogens is 1. The van der Waals surface area contributed by atoms with E-state index in [9.17, 15) is 13.2 Å². The van der Waals surface area contributed by atoms with Crippen molar-refractivity contribution in [2.45, 2.75) is 31.7 Å². The average molecular weight is 386 g/mol. The third kappa shape index (κ3) is 3.25. The summed E-state index contributed by atoms with van der Waals surface area (Å²) in [6, 6.07) is 7.02. The molecule has 4 atom stereocenters. The lowest BCUT2D eigenvalue weighted by atomic mass is 9.84. The molecule has 2 aliphatic carbocycles. The summed E-state index contributed by atoms with van der Waals surface area (Å²) in [6.45, 7) is 0.497. The summed E-state index contributed by atoms with van der Waals surface area (Å²) in [6.07, 6.45) is 3.92. The highest BCUT2D eigenvalue weighted by Crippen LogP contribution is 2.48. The third-order valence-electron chi connectivity index (χ3n) is 5.78. The van der Waals surface area contributed by atoms with E-state index in [1.165, 1.54) is 4.31 Å². The van der Waals surface area contributed by atoms with E-state index in [1.54, 1.807) is 24.3 Å². The largest absolute Gasteiger partial charge is 0.327 e. The van der Waals surface area contributed by atoms with Crippen LogP contribution in [0.3, 0.4) is 0 Å². The molecule has 25 heavy (non-hydrogen) atoms. The van der Waals surface area contributed by atoms with E-state index in [4.69, 9.17) is 5.73 Å². The van der Waals surface area contributed by atoms with Crippen molar-refractivity contribution in [2.24, 2.45) is 23.5 Å². The number of anilines is 2. The van der Waals surface area contributed by atoms with Gasteiger partial charge in [0, 0.05) is 18.3 Å². The second kappa shape index (κ2) is 6.78. The normalized spacial score (nSPS) is 32.4. The average Bonchev–Trinajstić information content (AvgIpc) is 3.21. The third-order valence-corrected chi connectivity index (χ3v) is 7.65. The first-order chi connectivity index (χ1) is 11.5. The summed E-state index contributed by atoms with van der Waals surface area (Å²) in [4.78, 5) is 12.7. The van der Waals surface area contributed by atoms with Crippen LogP contribution in [0.5, 0.6) is 0 Å². The molecule has 138 valence electrons. The molecule has 3 N–H and O–H groups in total. The van der Waals surface area contributed by atoms with Crippen LogP contribution in [0.4, 0.5) is 11.4 Å². The molecule has 2 bridgehead atoms. The summed E-state index contributed by atoms with van der Waals surface area (Å²) in [7, 11) is -3.22. The Morgan fingerprint density at radius 2 is 2.00 bits per heavy atom. The van der Waals surface area contributed by atoms with Gasteiger partial charge in [0.05, 0.1) is 17.4 Å². The Balaban J connectivity index is 0.00000182. The van der Waals surface area contributed by atoms with Gasteiger partial charge in [0.25, 0.3) is 0 Å². The lowest BCUT2D eigenvalue weighted by Gasteiger charge is -2.27. The molecule has 8 heteroatoms. The number of nitrogens with two attached hydrogens (primary N) is 1. The zero-order valence-corrected chi connectivity index (χ0v) is 15.6. The van der Waals surface area contributed by atoms with E-state index in [1.807, 2.05) is 0 Å². The molecular formula is C17H24ClN3O3S. The van der Waals surface area contributed by atoms with Crippen LogP contribution in [0, 0.1) is 17.8 Å². The van der Waals surface area contributed by atoms with Crippen LogP contribution in [-0.4, -0.2) is 32.7 Å². The first-order valence-corrected chi connectivity index (χ1v) is 10.2. The van der Waals surface area contributed by atoms with Crippen molar-refractivity contribution in [2.75, 3.05) is 21.9 Å². The van der Waals surface area contributed by atoms with Crippen molar-refractivity contribution in [1.82, 2.24) is 0 Å². The van der Waals surface area contributed by atoms with Crippen LogP contribution >= 0.6 is 12.4 Å². The van der Waals surface area contributed by atoms with Gasteiger partial charge in [-0.3, -0.25) is 9.10 Å². The van der Waals surface area contributed by atoms with Crippen LogP contribution in [0.15, 0.2) is 24.3 Å². The predicted octanol–water partition coefficient (Wildman–Crippen LogP) is 1.96. The minimum absolute atomic E-state index is 0. The minimum Gasteiger partial charge on any atom is -0.327 e. The molecule has 2 saturated carbocycles. The van der Waals surface area contributed by atoms with Crippen LogP contribution in [0.25, 0.3) is 0 Å². The molecule has 3 fully saturated rings. The van der Waals surface area contributed by atoms with Gasteiger partial charge in [-0.2, -0.15) is 0 Å². The molecule has 1 heterocycles. The molecule has 0 spiro atoms. The lowest BCUT2D eigenvalue weighted by Crippen LogP contribution is -2.42. The molecule has 6 nitrogen and oxygen atoms in total. The quantitative estimate of drug-likeness (QED) is 0.831. The molecule has 0 aromatic heterocycles. The maximum Gasteiger partial charge on any atom is 0.235 e. The number of carbonyl (C=O) groups excluding carboxylic acids is 1.